The molecular formula is C13H22N4O3S. The monoisotopic (exact) mass is 314 g/mol. The van der Waals surface area contributed by atoms with E-state index in [1.54, 1.807) is 6.92 Å². The predicted octanol–water partition coefficient (Wildman–Crippen LogP) is 0.0755. The number of aromatic nitrogens is 1. The molecule has 1 aromatic heterocycles. The van der Waals surface area contributed by atoms with Gasteiger partial charge in [0.2, 0.25) is 15.9 Å². The fourth-order valence-corrected chi connectivity index (χ4v) is 3.43. The number of nitrogens with two attached hydrogens (primary N) is 1. The quantitative estimate of drug-likeness (QED) is 0.741. The van der Waals surface area contributed by atoms with Crippen LogP contribution in [0.4, 0.5) is 0 Å². The van der Waals surface area contributed by atoms with Gasteiger partial charge in [0.1, 0.15) is 4.90 Å². The number of hydrogen-bond donors (Lipinski definition) is 2. The van der Waals surface area contributed by atoms with E-state index in [0.29, 0.717) is 5.69 Å². The number of nitrogens with zero attached hydrogens (tertiary/aromatic N) is 2. The number of carbonyl (C=O) groups excluding carboxylic acids is 1. The summed E-state index contributed by atoms with van der Waals surface area (Å²) in [5.74, 6) is -0.339. The minimum Gasteiger partial charge on any atom is -0.353 e. The van der Waals surface area contributed by atoms with Crippen molar-refractivity contribution >= 4 is 15.9 Å². The molecule has 0 saturated carbocycles. The summed E-state index contributed by atoms with van der Waals surface area (Å²) in [6, 6.07) is 2.94. The molecular weight excluding hydrogens is 292 g/mol. The third-order valence-electron chi connectivity index (χ3n) is 2.78. The van der Waals surface area contributed by atoms with Crippen LogP contribution in [0.25, 0.3) is 0 Å². The minimum absolute atomic E-state index is 0.0190. The fraction of sp³-hybridized carbons (Fsp3) is 0.538. The summed E-state index contributed by atoms with van der Waals surface area (Å²) in [4.78, 5) is 15.8. The second-order valence-electron chi connectivity index (χ2n) is 4.81. The molecule has 0 spiro atoms. The summed E-state index contributed by atoms with van der Waals surface area (Å²) in [6.45, 7) is 5.29. The van der Waals surface area contributed by atoms with Crippen molar-refractivity contribution in [1.82, 2.24) is 14.6 Å². The van der Waals surface area contributed by atoms with Crippen LogP contribution < -0.4 is 11.1 Å². The van der Waals surface area contributed by atoms with Gasteiger partial charge in [-0.1, -0.05) is 6.92 Å². The Balaban J connectivity index is 3.05. The Labute approximate surface area is 125 Å². The molecule has 3 N–H and O–H groups in total. The van der Waals surface area contributed by atoms with Crippen molar-refractivity contribution in [1.29, 1.82) is 0 Å². The molecule has 1 aromatic rings. The minimum atomic E-state index is -3.79. The van der Waals surface area contributed by atoms with Crippen molar-refractivity contribution in [3.8, 4) is 0 Å². The van der Waals surface area contributed by atoms with Crippen molar-refractivity contribution in [3.63, 3.8) is 0 Å². The molecule has 118 valence electrons. The molecule has 8 heteroatoms. The summed E-state index contributed by atoms with van der Waals surface area (Å²) in [7, 11) is -3.79. The highest BCUT2D eigenvalue weighted by atomic mass is 32.2. The highest BCUT2D eigenvalue weighted by Crippen LogP contribution is 2.18. The van der Waals surface area contributed by atoms with Crippen LogP contribution in [-0.2, 0) is 21.4 Å². The first-order chi connectivity index (χ1) is 9.82. The van der Waals surface area contributed by atoms with Gasteiger partial charge in [-0.05, 0) is 26.0 Å². The van der Waals surface area contributed by atoms with Gasteiger partial charge in [-0.15, -0.1) is 0 Å². The lowest BCUT2D eigenvalue weighted by Crippen LogP contribution is -2.42. The molecule has 0 atom stereocenters. The Bertz CT molecular complexity index is 587. The standard InChI is InChI=1S/C13H22N4O3S/c1-4-17(9-13(18)16-10(2)3)21(19,20)12-6-5-7-15-11(12)8-14/h5-7,10H,4,8-9,14H2,1-3H3,(H,16,18). The molecule has 0 unspecified atom stereocenters. The molecule has 0 fully saturated rings. The zero-order valence-electron chi connectivity index (χ0n) is 12.5. The largest absolute Gasteiger partial charge is 0.353 e. The zero-order valence-corrected chi connectivity index (χ0v) is 13.4. The topological polar surface area (TPSA) is 105 Å². The van der Waals surface area contributed by atoms with E-state index in [1.807, 2.05) is 13.8 Å². The van der Waals surface area contributed by atoms with E-state index in [9.17, 15) is 13.2 Å². The number of hydrogen-bond acceptors (Lipinski definition) is 5. The second kappa shape index (κ2) is 7.48. The van der Waals surface area contributed by atoms with E-state index < -0.39 is 10.0 Å². The Morgan fingerprint density at radius 2 is 2.14 bits per heavy atom. The van der Waals surface area contributed by atoms with Crippen LogP contribution in [0.15, 0.2) is 23.2 Å². The maximum atomic E-state index is 12.6. The fourth-order valence-electron chi connectivity index (χ4n) is 1.85. The van der Waals surface area contributed by atoms with Gasteiger partial charge in [-0.2, -0.15) is 4.31 Å². The Kier molecular flexibility index (Phi) is 6.25. The first-order valence-corrected chi connectivity index (χ1v) is 8.20. The molecule has 0 radical (unpaired) electrons. The molecule has 0 aliphatic carbocycles. The molecule has 0 saturated heterocycles. The molecule has 0 aliphatic rings. The number of nitrogens with one attached hydrogen (secondary N) is 1. The van der Waals surface area contributed by atoms with Crippen molar-refractivity contribution in [3.05, 3.63) is 24.0 Å². The number of likely N-dealkylation sites (N-methyl/N-ethyl adjacent to an activating group) is 1. The lowest BCUT2D eigenvalue weighted by molar-refractivity contribution is -0.121. The molecule has 0 bridgehead atoms. The van der Waals surface area contributed by atoms with Crippen LogP contribution in [0.2, 0.25) is 0 Å². The normalized spacial score (nSPS) is 11.9. The van der Waals surface area contributed by atoms with Crippen molar-refractivity contribution in [2.75, 3.05) is 13.1 Å². The van der Waals surface area contributed by atoms with E-state index in [-0.39, 0.29) is 36.5 Å². The molecule has 0 aromatic carbocycles. The first kappa shape index (κ1) is 17.5. The highest BCUT2D eigenvalue weighted by molar-refractivity contribution is 7.89. The highest BCUT2D eigenvalue weighted by Gasteiger charge is 2.27. The lowest BCUT2D eigenvalue weighted by atomic mass is 10.3. The van der Waals surface area contributed by atoms with Crippen LogP contribution >= 0.6 is 0 Å². The van der Waals surface area contributed by atoms with Crippen LogP contribution in [0.5, 0.6) is 0 Å². The van der Waals surface area contributed by atoms with Gasteiger partial charge in [0, 0.05) is 25.3 Å². The maximum Gasteiger partial charge on any atom is 0.245 e. The van der Waals surface area contributed by atoms with Crippen molar-refractivity contribution < 1.29 is 13.2 Å². The zero-order chi connectivity index (χ0) is 16.0. The summed E-state index contributed by atoms with van der Waals surface area (Å²) in [5.41, 5.74) is 5.82. The van der Waals surface area contributed by atoms with Crippen molar-refractivity contribution in [2.45, 2.75) is 38.3 Å². The second-order valence-corrected chi connectivity index (χ2v) is 6.71. The van der Waals surface area contributed by atoms with E-state index >= 15 is 0 Å². The van der Waals surface area contributed by atoms with E-state index in [1.165, 1.54) is 18.3 Å². The van der Waals surface area contributed by atoms with E-state index in [0.717, 1.165) is 4.31 Å². The van der Waals surface area contributed by atoms with Gasteiger partial charge in [0.15, 0.2) is 0 Å². The van der Waals surface area contributed by atoms with Crippen LogP contribution in [0.1, 0.15) is 26.5 Å². The van der Waals surface area contributed by atoms with Gasteiger partial charge in [-0.3, -0.25) is 9.78 Å². The van der Waals surface area contributed by atoms with Crippen LogP contribution in [0, 0.1) is 0 Å². The average molecular weight is 314 g/mol. The van der Waals surface area contributed by atoms with Crippen LogP contribution in [-0.4, -0.2) is 42.7 Å². The molecule has 0 aliphatic heterocycles. The predicted molar refractivity (Wildman–Crippen MR) is 79.8 cm³/mol. The van der Waals surface area contributed by atoms with Gasteiger partial charge < -0.3 is 11.1 Å². The van der Waals surface area contributed by atoms with Gasteiger partial charge in [0.25, 0.3) is 0 Å². The Morgan fingerprint density at radius 3 is 2.67 bits per heavy atom. The Morgan fingerprint density at radius 1 is 1.48 bits per heavy atom. The van der Waals surface area contributed by atoms with Crippen molar-refractivity contribution in [2.24, 2.45) is 5.73 Å². The number of rotatable bonds is 7. The summed E-state index contributed by atoms with van der Waals surface area (Å²) >= 11 is 0. The van der Waals surface area contributed by atoms with E-state index in [2.05, 4.69) is 10.3 Å². The van der Waals surface area contributed by atoms with Gasteiger partial charge in [-0.25, -0.2) is 8.42 Å². The van der Waals surface area contributed by atoms with Gasteiger partial charge >= 0.3 is 0 Å². The summed E-state index contributed by atoms with van der Waals surface area (Å²) in [6.07, 6.45) is 1.49. The summed E-state index contributed by atoms with van der Waals surface area (Å²) < 4.78 is 26.3. The average Bonchev–Trinajstić information content (AvgIpc) is 2.43. The number of amides is 1. The van der Waals surface area contributed by atoms with Gasteiger partial charge in [0.05, 0.1) is 12.2 Å². The summed E-state index contributed by atoms with van der Waals surface area (Å²) in [5, 5.41) is 2.67. The van der Waals surface area contributed by atoms with E-state index in [4.69, 9.17) is 5.73 Å². The maximum absolute atomic E-state index is 12.6. The smallest absolute Gasteiger partial charge is 0.245 e. The molecule has 7 nitrogen and oxygen atoms in total. The third kappa shape index (κ3) is 4.48. The number of pyridine rings is 1. The number of sulfonamides is 1. The third-order valence-corrected chi connectivity index (χ3v) is 4.78. The molecule has 1 heterocycles. The van der Waals surface area contributed by atoms with Crippen LogP contribution in [0.3, 0.4) is 0 Å². The SMILES string of the molecule is CCN(CC(=O)NC(C)C)S(=O)(=O)c1cccnc1CN. The first-order valence-electron chi connectivity index (χ1n) is 6.76. The lowest BCUT2D eigenvalue weighted by Gasteiger charge is -2.21. The Hall–Kier alpha value is -1.51. The molecule has 1 rings (SSSR count). The molecule has 1 amide bonds. The number of carbonyl (C=O) groups is 1. The molecule has 21 heavy (non-hydrogen) atoms.